The third-order valence-electron chi connectivity index (χ3n) is 6.80. The fourth-order valence-electron chi connectivity index (χ4n) is 4.42. The van der Waals surface area contributed by atoms with Crippen LogP contribution in [0.2, 0.25) is 0 Å². The summed E-state index contributed by atoms with van der Waals surface area (Å²) in [6, 6.07) is 6.05. The highest BCUT2D eigenvalue weighted by Crippen LogP contribution is 2.33. The Labute approximate surface area is 195 Å². The molecule has 2 unspecified atom stereocenters. The van der Waals surface area contributed by atoms with Crippen molar-refractivity contribution in [2.24, 2.45) is 17.0 Å². The van der Waals surface area contributed by atoms with Crippen LogP contribution in [0.25, 0.3) is 0 Å². The Balaban J connectivity index is 1.98. The summed E-state index contributed by atoms with van der Waals surface area (Å²) in [6.45, 7) is 12.7. The highest BCUT2D eigenvalue weighted by atomic mass is 16.5. The van der Waals surface area contributed by atoms with E-state index in [1.807, 2.05) is 6.07 Å². The maximum Gasteiger partial charge on any atom is 0.225 e. The van der Waals surface area contributed by atoms with Crippen molar-refractivity contribution < 1.29 is 15.1 Å². The van der Waals surface area contributed by atoms with Crippen molar-refractivity contribution in [2.45, 2.75) is 79.1 Å². The summed E-state index contributed by atoms with van der Waals surface area (Å²) in [6.07, 6.45) is 8.95. The zero-order valence-electron chi connectivity index (χ0n) is 20.8. The number of rotatable bonds is 14. The Bertz CT molecular complexity index is 701. The van der Waals surface area contributed by atoms with E-state index in [2.05, 4.69) is 54.7 Å². The van der Waals surface area contributed by atoms with Crippen LogP contribution in [0, 0.1) is 11.8 Å². The van der Waals surface area contributed by atoms with Crippen molar-refractivity contribution in [3.05, 3.63) is 18.2 Å². The molecule has 6 heteroatoms. The molecule has 1 fully saturated rings. The number of ether oxygens (including phenoxy) is 1. The van der Waals surface area contributed by atoms with E-state index in [1.165, 1.54) is 19.3 Å². The van der Waals surface area contributed by atoms with E-state index in [9.17, 15) is 4.79 Å². The Hall–Kier alpha value is -2.11. The lowest BCUT2D eigenvalue weighted by atomic mass is 9.97. The van der Waals surface area contributed by atoms with Crippen molar-refractivity contribution in [3.63, 3.8) is 0 Å². The molecule has 1 aromatic carbocycles. The number of amides is 1. The molecule has 1 aliphatic rings. The summed E-state index contributed by atoms with van der Waals surface area (Å²) in [5, 5.41) is 3.91. The third kappa shape index (κ3) is 7.49. The molecule has 2 N–H and O–H groups in total. The van der Waals surface area contributed by atoms with E-state index in [1.54, 1.807) is 0 Å². The normalized spacial score (nSPS) is 16.0. The van der Waals surface area contributed by atoms with Crippen LogP contribution in [-0.2, 0) is 4.79 Å². The topological polar surface area (TPSA) is 70.7 Å². The largest absolute Gasteiger partial charge is 0.491 e. The molecule has 0 bridgehead atoms. The van der Waals surface area contributed by atoms with Crippen LogP contribution in [0.1, 0.15) is 79.1 Å². The standard InChI is InChI=1S/C26H44N4O2/c1-5-9-11-21(7-3)20-32-25-19-23(13-14-24(25)28-27)29-15-17-30(18-16-29)26(31)22(8-4)12-10-6-2/h13-14,19,21-22,27H,5-12,15-18,20H2,1-4H3/p+1. The van der Waals surface area contributed by atoms with Crippen LogP contribution in [0.5, 0.6) is 5.75 Å². The van der Waals surface area contributed by atoms with Gasteiger partial charge >= 0.3 is 0 Å². The minimum atomic E-state index is 0.172. The molecule has 2 rings (SSSR count). The van der Waals surface area contributed by atoms with Gasteiger partial charge in [0.25, 0.3) is 0 Å². The number of nitrogens with zero attached hydrogens (tertiary/aromatic N) is 3. The predicted molar refractivity (Wildman–Crippen MR) is 131 cm³/mol. The molecule has 1 heterocycles. The van der Waals surface area contributed by atoms with E-state index < -0.39 is 0 Å². The lowest BCUT2D eigenvalue weighted by molar-refractivity contribution is -0.210. The molecule has 0 spiro atoms. The number of hydrogen-bond acceptors (Lipinski definition) is 4. The number of piperazine rings is 1. The zero-order chi connectivity index (χ0) is 23.3. The second-order valence-electron chi connectivity index (χ2n) is 9.07. The molecule has 180 valence electrons. The highest BCUT2D eigenvalue weighted by Gasteiger charge is 2.26. The predicted octanol–water partition coefficient (Wildman–Crippen LogP) is 4.99. The van der Waals surface area contributed by atoms with Gasteiger partial charge in [0.2, 0.25) is 5.91 Å². The molecule has 1 aromatic rings. The lowest BCUT2D eigenvalue weighted by Gasteiger charge is -2.37. The van der Waals surface area contributed by atoms with Crippen molar-refractivity contribution in [2.75, 3.05) is 37.7 Å². The van der Waals surface area contributed by atoms with Gasteiger partial charge in [0.1, 0.15) is 0 Å². The Morgan fingerprint density at radius 3 is 2.31 bits per heavy atom. The van der Waals surface area contributed by atoms with Gasteiger partial charge in [-0.2, -0.15) is 5.53 Å². The summed E-state index contributed by atoms with van der Waals surface area (Å²) in [7, 11) is 0. The first-order valence-electron chi connectivity index (χ1n) is 12.8. The average Bonchev–Trinajstić information content (AvgIpc) is 2.84. The van der Waals surface area contributed by atoms with Crippen LogP contribution in [0.15, 0.2) is 23.3 Å². The van der Waals surface area contributed by atoms with Crippen molar-refractivity contribution in [1.82, 2.24) is 4.90 Å². The molecule has 1 aliphatic heterocycles. The number of unbranched alkanes of at least 4 members (excludes halogenated alkanes) is 2. The first-order valence-corrected chi connectivity index (χ1v) is 12.8. The molecule has 0 saturated carbocycles. The fraction of sp³-hybridized carbons (Fsp3) is 0.731. The van der Waals surface area contributed by atoms with Crippen LogP contribution < -0.4 is 15.2 Å². The minimum absolute atomic E-state index is 0.172. The van der Waals surface area contributed by atoms with Gasteiger partial charge in [0.15, 0.2) is 11.4 Å². The monoisotopic (exact) mass is 445 g/mol. The Morgan fingerprint density at radius 2 is 1.72 bits per heavy atom. The first kappa shape index (κ1) is 26.1. The van der Waals surface area contributed by atoms with Gasteiger partial charge in [-0.25, -0.2) is 0 Å². The fourth-order valence-corrected chi connectivity index (χ4v) is 4.42. The second-order valence-corrected chi connectivity index (χ2v) is 9.07. The molecule has 32 heavy (non-hydrogen) atoms. The van der Waals surface area contributed by atoms with Gasteiger partial charge in [0, 0.05) is 43.9 Å². The molecule has 2 atom stereocenters. The van der Waals surface area contributed by atoms with Gasteiger partial charge in [-0.05, 0) is 42.4 Å². The van der Waals surface area contributed by atoms with E-state index in [-0.39, 0.29) is 5.92 Å². The van der Waals surface area contributed by atoms with E-state index in [4.69, 9.17) is 10.3 Å². The molecule has 6 nitrogen and oxygen atoms in total. The molecule has 0 radical (unpaired) electrons. The lowest BCUT2D eigenvalue weighted by Crippen LogP contribution is -2.50. The summed E-state index contributed by atoms with van der Waals surface area (Å²) in [4.78, 5) is 17.3. The van der Waals surface area contributed by atoms with E-state index >= 15 is 0 Å². The van der Waals surface area contributed by atoms with Gasteiger partial charge in [0.05, 0.1) is 6.61 Å². The van der Waals surface area contributed by atoms with Crippen LogP contribution in [0.3, 0.4) is 0 Å². The number of benzene rings is 1. The minimum Gasteiger partial charge on any atom is -0.491 e. The van der Waals surface area contributed by atoms with Crippen LogP contribution in [0.4, 0.5) is 11.4 Å². The molecule has 1 amide bonds. The highest BCUT2D eigenvalue weighted by molar-refractivity contribution is 5.79. The summed E-state index contributed by atoms with van der Waals surface area (Å²) in [5.41, 5.74) is 7.41. The van der Waals surface area contributed by atoms with Crippen molar-refractivity contribution in [3.8, 4) is 5.75 Å². The SMILES string of the molecule is CCCCC(CC)COc1cc(N2CCN(C(=O)C(CC)CCCC)CC2)ccc1N=[NH2+]. The van der Waals surface area contributed by atoms with Crippen LogP contribution >= 0.6 is 0 Å². The molecule has 0 aromatic heterocycles. The van der Waals surface area contributed by atoms with Gasteiger partial charge in [-0.1, -0.05) is 59.8 Å². The van der Waals surface area contributed by atoms with E-state index in [0.717, 1.165) is 69.7 Å². The van der Waals surface area contributed by atoms with Gasteiger partial charge < -0.3 is 14.5 Å². The summed E-state index contributed by atoms with van der Waals surface area (Å²) >= 11 is 0. The summed E-state index contributed by atoms with van der Waals surface area (Å²) in [5.74, 6) is 1.81. The number of anilines is 1. The molecule has 1 saturated heterocycles. The number of carbonyl (C=O) groups is 1. The average molecular weight is 446 g/mol. The van der Waals surface area contributed by atoms with Crippen LogP contribution in [-0.4, -0.2) is 43.6 Å². The number of hydrogen-bond donors (Lipinski definition) is 1. The van der Waals surface area contributed by atoms with Gasteiger partial charge in [-0.15, -0.1) is 0 Å². The van der Waals surface area contributed by atoms with Gasteiger partial charge in [-0.3, -0.25) is 4.79 Å². The second kappa shape index (κ2) is 14.1. The van der Waals surface area contributed by atoms with Crippen molar-refractivity contribution in [1.29, 1.82) is 0 Å². The van der Waals surface area contributed by atoms with E-state index in [0.29, 0.717) is 24.1 Å². The zero-order valence-corrected chi connectivity index (χ0v) is 20.8. The third-order valence-corrected chi connectivity index (χ3v) is 6.80. The maximum absolute atomic E-state index is 12.9. The number of carbonyl (C=O) groups excluding carboxylic acids is 1. The first-order chi connectivity index (χ1) is 15.6. The Kier molecular flexibility index (Phi) is 11.5. The molecular weight excluding hydrogens is 400 g/mol. The maximum atomic E-state index is 12.9. The Morgan fingerprint density at radius 1 is 1.03 bits per heavy atom. The summed E-state index contributed by atoms with van der Waals surface area (Å²) < 4.78 is 6.19. The smallest absolute Gasteiger partial charge is 0.225 e. The quantitative estimate of drug-likeness (QED) is 0.410. The van der Waals surface area contributed by atoms with Crippen molar-refractivity contribution >= 4 is 17.3 Å². The molecular formula is C26H45N4O2+. The molecule has 0 aliphatic carbocycles. The number of nitrogens with two attached hydrogens (primary N) is 1.